The Morgan fingerprint density at radius 2 is 1.94 bits per heavy atom. The van der Waals surface area contributed by atoms with Gasteiger partial charge in [-0.15, -0.1) is 0 Å². The van der Waals surface area contributed by atoms with Crippen molar-refractivity contribution in [2.75, 3.05) is 24.3 Å². The molecule has 1 unspecified atom stereocenters. The van der Waals surface area contributed by atoms with Gasteiger partial charge >= 0.3 is 6.09 Å². The van der Waals surface area contributed by atoms with Crippen molar-refractivity contribution in [2.45, 2.75) is 18.8 Å². The number of carbonyl (C=O) groups excluding carboxylic acids is 3. The van der Waals surface area contributed by atoms with Crippen LogP contribution in [0.1, 0.15) is 22.5 Å². The molecule has 2 aliphatic rings. The van der Waals surface area contributed by atoms with Crippen molar-refractivity contribution in [3.05, 3.63) is 59.9 Å². The molecule has 3 heterocycles. The molecular weight excluding hydrogens is 460 g/mol. The number of carbonyl (C=O) groups is 3. The molecule has 0 radical (unpaired) electrons. The number of ether oxygens (including phenoxy) is 1. The maximum absolute atomic E-state index is 13.3. The van der Waals surface area contributed by atoms with E-state index < -0.39 is 36.2 Å². The van der Waals surface area contributed by atoms with Gasteiger partial charge in [-0.25, -0.2) is 23.5 Å². The van der Waals surface area contributed by atoms with Crippen LogP contribution < -0.4 is 10.6 Å². The van der Waals surface area contributed by atoms with E-state index in [2.05, 4.69) is 20.6 Å². The van der Waals surface area contributed by atoms with Gasteiger partial charge in [-0.05, 0) is 30.7 Å². The highest BCUT2D eigenvalue weighted by atomic mass is 19.3. The lowest BCUT2D eigenvalue weighted by atomic mass is 10.0. The summed E-state index contributed by atoms with van der Waals surface area (Å²) in [5.41, 5.74) is 3.40. The van der Waals surface area contributed by atoms with E-state index in [1.165, 1.54) is 19.4 Å². The van der Waals surface area contributed by atoms with Gasteiger partial charge in [-0.2, -0.15) is 0 Å². The highest BCUT2D eigenvalue weighted by Gasteiger charge is 2.61. The second-order valence-electron chi connectivity index (χ2n) is 8.33. The van der Waals surface area contributed by atoms with E-state index in [4.69, 9.17) is 4.74 Å². The molecule has 3 aromatic rings. The number of rotatable bonds is 5. The molecule has 0 spiro atoms. The minimum absolute atomic E-state index is 0.107. The van der Waals surface area contributed by atoms with E-state index in [0.717, 1.165) is 10.6 Å². The SMILES string of the molecule is COC(=O)N1CCc2c([nH]c(-c3ccnc(NC(=O)C4CC4(F)F)c3)c2Nc2ccccc2)C1=O. The fourth-order valence-corrected chi connectivity index (χ4v) is 4.10. The highest BCUT2D eigenvalue weighted by molar-refractivity contribution is 6.06. The maximum atomic E-state index is 13.3. The van der Waals surface area contributed by atoms with E-state index in [9.17, 15) is 23.2 Å². The summed E-state index contributed by atoms with van der Waals surface area (Å²) in [6.45, 7) is 0.145. The first-order valence-electron chi connectivity index (χ1n) is 10.9. The third-order valence-electron chi connectivity index (χ3n) is 6.03. The smallest absolute Gasteiger partial charge is 0.416 e. The van der Waals surface area contributed by atoms with Crippen LogP contribution in [-0.2, 0) is 16.0 Å². The molecule has 1 aromatic carbocycles. The number of para-hydroxylation sites is 1. The summed E-state index contributed by atoms with van der Waals surface area (Å²) in [7, 11) is 1.21. The van der Waals surface area contributed by atoms with Crippen molar-refractivity contribution in [1.82, 2.24) is 14.9 Å². The van der Waals surface area contributed by atoms with Crippen LogP contribution in [0.25, 0.3) is 11.3 Å². The average Bonchev–Trinajstić information content (AvgIpc) is 3.34. The number of nitrogens with zero attached hydrogens (tertiary/aromatic N) is 2. The molecular formula is C24H21F2N5O4. The molecule has 1 aliphatic carbocycles. The number of benzene rings is 1. The summed E-state index contributed by atoms with van der Waals surface area (Å²) in [5.74, 6) is -5.56. The van der Waals surface area contributed by atoms with Crippen LogP contribution in [0, 0.1) is 5.92 Å². The van der Waals surface area contributed by atoms with Crippen molar-refractivity contribution < 1.29 is 27.9 Å². The first kappa shape index (κ1) is 22.5. The zero-order valence-corrected chi connectivity index (χ0v) is 18.6. The standard InChI is InChI=1S/C24H21F2N5O4/c1-35-23(34)31-10-8-15-19(28-14-5-3-2-4-6-14)18(30-20(15)22(31)33)13-7-9-27-17(11-13)29-21(32)16-12-24(16,25)26/h2-7,9,11,16,28,30H,8,10,12H2,1H3,(H,27,29,32). The Bertz CT molecular complexity index is 1320. The van der Waals surface area contributed by atoms with Crippen LogP contribution in [0.5, 0.6) is 0 Å². The van der Waals surface area contributed by atoms with Crippen LogP contribution in [-0.4, -0.2) is 52.4 Å². The Balaban J connectivity index is 1.53. The van der Waals surface area contributed by atoms with Crippen molar-refractivity contribution in [3.63, 3.8) is 0 Å². The summed E-state index contributed by atoms with van der Waals surface area (Å²) in [5, 5.41) is 5.77. The van der Waals surface area contributed by atoms with Gasteiger partial charge in [0.15, 0.2) is 0 Å². The first-order valence-corrected chi connectivity index (χ1v) is 10.9. The Morgan fingerprint density at radius 3 is 2.63 bits per heavy atom. The maximum Gasteiger partial charge on any atom is 0.416 e. The number of aromatic amines is 1. The molecule has 5 rings (SSSR count). The van der Waals surface area contributed by atoms with Crippen molar-refractivity contribution in [3.8, 4) is 11.3 Å². The molecule has 9 nitrogen and oxygen atoms in total. The predicted octanol–water partition coefficient (Wildman–Crippen LogP) is 4.18. The molecule has 1 fully saturated rings. The first-order chi connectivity index (χ1) is 16.8. The topological polar surface area (TPSA) is 116 Å². The van der Waals surface area contributed by atoms with E-state index in [1.807, 2.05) is 30.3 Å². The highest BCUT2D eigenvalue weighted by Crippen LogP contribution is 2.49. The summed E-state index contributed by atoms with van der Waals surface area (Å²) in [4.78, 5) is 45.4. The number of imide groups is 1. The number of aromatic nitrogens is 2. The van der Waals surface area contributed by atoms with Gasteiger partial charge in [-0.3, -0.25) is 9.59 Å². The van der Waals surface area contributed by atoms with Gasteiger partial charge in [0.25, 0.3) is 11.8 Å². The molecule has 35 heavy (non-hydrogen) atoms. The molecule has 1 aliphatic heterocycles. The molecule has 2 aromatic heterocycles. The molecule has 0 bridgehead atoms. The van der Waals surface area contributed by atoms with Crippen molar-refractivity contribution >= 4 is 35.1 Å². The number of methoxy groups -OCH3 is 1. The molecule has 1 saturated carbocycles. The second kappa shape index (κ2) is 8.49. The van der Waals surface area contributed by atoms with Crippen LogP contribution in [0.3, 0.4) is 0 Å². The second-order valence-corrected chi connectivity index (χ2v) is 8.33. The lowest BCUT2D eigenvalue weighted by Crippen LogP contribution is -2.42. The normalized spacial score (nSPS) is 18.0. The molecule has 3 amide bonds. The minimum atomic E-state index is -2.99. The number of anilines is 3. The molecule has 11 heteroatoms. The number of hydrogen-bond acceptors (Lipinski definition) is 6. The summed E-state index contributed by atoms with van der Waals surface area (Å²) in [6, 6.07) is 12.5. The summed E-state index contributed by atoms with van der Waals surface area (Å²) in [6.07, 6.45) is 0.587. The van der Waals surface area contributed by atoms with Gasteiger partial charge < -0.3 is 20.4 Å². The zero-order chi connectivity index (χ0) is 24.7. The number of alkyl halides is 2. The number of pyridine rings is 1. The van der Waals surface area contributed by atoms with Crippen LogP contribution in [0.15, 0.2) is 48.7 Å². The number of halogens is 2. The van der Waals surface area contributed by atoms with Gasteiger partial charge in [0, 0.05) is 36.0 Å². The third kappa shape index (κ3) is 4.20. The fourth-order valence-electron chi connectivity index (χ4n) is 4.10. The Morgan fingerprint density at radius 1 is 1.20 bits per heavy atom. The average molecular weight is 481 g/mol. The van der Waals surface area contributed by atoms with Gasteiger partial charge in [0.2, 0.25) is 5.91 Å². The number of hydrogen-bond donors (Lipinski definition) is 3. The molecule has 3 N–H and O–H groups in total. The molecule has 0 saturated heterocycles. The Labute approximate surface area is 198 Å². The Kier molecular flexibility index (Phi) is 5.46. The monoisotopic (exact) mass is 481 g/mol. The van der Waals surface area contributed by atoms with Crippen LogP contribution in [0.4, 0.5) is 30.8 Å². The zero-order valence-electron chi connectivity index (χ0n) is 18.6. The van der Waals surface area contributed by atoms with E-state index >= 15 is 0 Å². The van der Waals surface area contributed by atoms with E-state index in [0.29, 0.717) is 28.9 Å². The number of H-pyrrole nitrogens is 1. The summed E-state index contributed by atoms with van der Waals surface area (Å²) < 4.78 is 31.3. The lowest BCUT2D eigenvalue weighted by Gasteiger charge is -2.24. The van der Waals surface area contributed by atoms with Crippen LogP contribution >= 0.6 is 0 Å². The third-order valence-corrected chi connectivity index (χ3v) is 6.03. The van der Waals surface area contributed by atoms with E-state index in [1.54, 1.807) is 6.07 Å². The van der Waals surface area contributed by atoms with Gasteiger partial charge in [-0.1, -0.05) is 18.2 Å². The molecule has 180 valence electrons. The minimum Gasteiger partial charge on any atom is -0.452 e. The number of amides is 3. The van der Waals surface area contributed by atoms with Crippen molar-refractivity contribution in [1.29, 1.82) is 0 Å². The van der Waals surface area contributed by atoms with Gasteiger partial charge in [0.1, 0.15) is 17.4 Å². The number of nitrogens with one attached hydrogen (secondary N) is 3. The van der Waals surface area contributed by atoms with E-state index in [-0.39, 0.29) is 18.1 Å². The molecule has 1 atom stereocenters. The fraction of sp³-hybridized carbons (Fsp3) is 0.250. The quantitative estimate of drug-likeness (QED) is 0.504. The largest absolute Gasteiger partial charge is 0.452 e. The van der Waals surface area contributed by atoms with Gasteiger partial charge in [0.05, 0.1) is 18.5 Å². The number of fused-ring (bicyclic) bond motifs is 1. The Hall–Kier alpha value is -4.28. The predicted molar refractivity (Wildman–Crippen MR) is 123 cm³/mol. The lowest BCUT2D eigenvalue weighted by molar-refractivity contribution is -0.119. The van der Waals surface area contributed by atoms with Crippen molar-refractivity contribution in [2.24, 2.45) is 5.92 Å². The van der Waals surface area contributed by atoms with Crippen LogP contribution in [0.2, 0.25) is 0 Å². The summed E-state index contributed by atoms with van der Waals surface area (Å²) >= 11 is 0.